The van der Waals surface area contributed by atoms with E-state index in [1.54, 1.807) is 36.4 Å². The normalized spacial score (nSPS) is 11.9. The van der Waals surface area contributed by atoms with Crippen LogP contribution in [0.5, 0.6) is 11.5 Å². The molecule has 0 aliphatic heterocycles. The van der Waals surface area contributed by atoms with Gasteiger partial charge in [-0.3, -0.25) is 4.79 Å². The molecular formula is C19H17NO6. The molecule has 26 heavy (non-hydrogen) atoms. The second kappa shape index (κ2) is 7.18. The third-order valence-electron chi connectivity index (χ3n) is 3.97. The first-order chi connectivity index (χ1) is 12.5. The summed E-state index contributed by atoms with van der Waals surface area (Å²) in [4.78, 5) is 23.9. The monoisotopic (exact) mass is 355 g/mol. The number of hydrogen-bond acceptors (Lipinski definition) is 5. The standard InChI is InChI=1S/C19H17NO6/c1-25-13-6-7-16-12(8-13)10-17(26-16)18(22)20-14(19(23)24)9-11-4-2-3-5-15(11)21/h2-8,10,14,21H,9H2,1H3,(H,20,22)(H,23,24). The maximum atomic E-state index is 12.4. The highest BCUT2D eigenvalue weighted by Gasteiger charge is 2.24. The second-order valence-electron chi connectivity index (χ2n) is 5.71. The Kier molecular flexibility index (Phi) is 4.79. The molecule has 0 aliphatic rings. The topological polar surface area (TPSA) is 109 Å². The third kappa shape index (κ3) is 3.61. The van der Waals surface area contributed by atoms with Crippen LogP contribution in [0.3, 0.4) is 0 Å². The number of amides is 1. The van der Waals surface area contributed by atoms with E-state index in [0.29, 0.717) is 22.3 Å². The summed E-state index contributed by atoms with van der Waals surface area (Å²) in [6.45, 7) is 0. The molecule has 3 rings (SSSR count). The van der Waals surface area contributed by atoms with Crippen LogP contribution in [0.25, 0.3) is 11.0 Å². The largest absolute Gasteiger partial charge is 0.508 e. The van der Waals surface area contributed by atoms with Crippen molar-refractivity contribution >= 4 is 22.8 Å². The van der Waals surface area contributed by atoms with E-state index in [4.69, 9.17) is 9.15 Å². The van der Waals surface area contributed by atoms with E-state index in [1.807, 2.05) is 0 Å². The molecule has 0 aliphatic carbocycles. The van der Waals surface area contributed by atoms with E-state index >= 15 is 0 Å². The summed E-state index contributed by atoms with van der Waals surface area (Å²) in [5, 5.41) is 22.3. The number of aromatic hydroxyl groups is 1. The van der Waals surface area contributed by atoms with Gasteiger partial charge >= 0.3 is 5.97 Å². The summed E-state index contributed by atoms with van der Waals surface area (Å²) in [6, 6.07) is 11.8. The molecule has 1 unspecified atom stereocenters. The Morgan fingerprint density at radius 1 is 1.19 bits per heavy atom. The molecule has 1 aromatic heterocycles. The number of aliphatic carboxylic acids is 1. The first-order valence-corrected chi connectivity index (χ1v) is 7.86. The number of carbonyl (C=O) groups excluding carboxylic acids is 1. The van der Waals surface area contributed by atoms with Crippen LogP contribution >= 0.6 is 0 Å². The number of benzene rings is 2. The van der Waals surface area contributed by atoms with Gasteiger partial charge in [0.1, 0.15) is 23.1 Å². The van der Waals surface area contributed by atoms with Gasteiger partial charge in [-0.1, -0.05) is 18.2 Å². The zero-order chi connectivity index (χ0) is 18.7. The molecular weight excluding hydrogens is 338 g/mol. The average molecular weight is 355 g/mol. The molecule has 1 atom stereocenters. The summed E-state index contributed by atoms with van der Waals surface area (Å²) < 4.78 is 10.6. The van der Waals surface area contributed by atoms with Gasteiger partial charge in [-0.05, 0) is 35.9 Å². The number of para-hydroxylation sites is 1. The highest BCUT2D eigenvalue weighted by Crippen LogP contribution is 2.24. The van der Waals surface area contributed by atoms with Crippen molar-refractivity contribution in [2.24, 2.45) is 0 Å². The molecule has 0 bridgehead atoms. The summed E-state index contributed by atoms with van der Waals surface area (Å²) in [5.74, 6) is -1.27. The maximum Gasteiger partial charge on any atom is 0.326 e. The van der Waals surface area contributed by atoms with Crippen LogP contribution in [0.4, 0.5) is 0 Å². The van der Waals surface area contributed by atoms with Gasteiger partial charge in [0.2, 0.25) is 0 Å². The molecule has 0 radical (unpaired) electrons. The van der Waals surface area contributed by atoms with Crippen molar-refractivity contribution < 1.29 is 29.0 Å². The van der Waals surface area contributed by atoms with Crippen LogP contribution in [0.15, 0.2) is 52.9 Å². The fourth-order valence-electron chi connectivity index (χ4n) is 2.59. The van der Waals surface area contributed by atoms with Gasteiger partial charge in [0, 0.05) is 11.8 Å². The molecule has 0 fully saturated rings. The molecule has 0 spiro atoms. The summed E-state index contributed by atoms with van der Waals surface area (Å²) in [6.07, 6.45) is -0.0538. The van der Waals surface area contributed by atoms with Crippen LogP contribution in [-0.4, -0.2) is 35.2 Å². The van der Waals surface area contributed by atoms with E-state index < -0.39 is 17.9 Å². The number of methoxy groups -OCH3 is 1. The summed E-state index contributed by atoms with van der Waals surface area (Å²) in [5.41, 5.74) is 0.915. The minimum absolute atomic E-state index is 0.00298. The Hall–Kier alpha value is -3.48. The number of rotatable bonds is 6. The molecule has 3 N–H and O–H groups in total. The van der Waals surface area contributed by atoms with Gasteiger partial charge in [-0.2, -0.15) is 0 Å². The van der Waals surface area contributed by atoms with Crippen LogP contribution < -0.4 is 10.1 Å². The van der Waals surface area contributed by atoms with Crippen LogP contribution in [-0.2, 0) is 11.2 Å². The average Bonchev–Trinajstić information content (AvgIpc) is 3.06. The number of carboxylic acids is 1. The Bertz CT molecular complexity index is 962. The van der Waals surface area contributed by atoms with Crippen molar-refractivity contribution in [2.75, 3.05) is 7.11 Å². The van der Waals surface area contributed by atoms with E-state index in [2.05, 4.69) is 5.32 Å². The SMILES string of the molecule is COc1ccc2oc(C(=O)NC(Cc3ccccc3O)C(=O)O)cc2c1. The maximum absolute atomic E-state index is 12.4. The number of furan rings is 1. The predicted octanol–water partition coefficient (Wildman–Crippen LogP) is 2.57. The number of phenolic OH excluding ortho intramolecular Hbond substituents is 1. The van der Waals surface area contributed by atoms with Crippen LogP contribution in [0.2, 0.25) is 0 Å². The van der Waals surface area contributed by atoms with Gasteiger partial charge in [-0.15, -0.1) is 0 Å². The zero-order valence-electron chi connectivity index (χ0n) is 13.9. The lowest BCUT2D eigenvalue weighted by atomic mass is 10.0. The minimum Gasteiger partial charge on any atom is -0.508 e. The number of hydrogen-bond donors (Lipinski definition) is 3. The van der Waals surface area contributed by atoms with Gasteiger partial charge in [0.15, 0.2) is 5.76 Å². The van der Waals surface area contributed by atoms with Crippen LogP contribution in [0, 0.1) is 0 Å². The molecule has 0 saturated carbocycles. The third-order valence-corrected chi connectivity index (χ3v) is 3.97. The first-order valence-electron chi connectivity index (χ1n) is 7.86. The summed E-state index contributed by atoms with van der Waals surface area (Å²) >= 11 is 0. The Balaban J connectivity index is 1.80. The van der Waals surface area contributed by atoms with Crippen molar-refractivity contribution in [3.05, 3.63) is 59.9 Å². The summed E-state index contributed by atoms with van der Waals surface area (Å²) in [7, 11) is 1.53. The molecule has 7 nitrogen and oxygen atoms in total. The lowest BCUT2D eigenvalue weighted by Crippen LogP contribution is -2.42. The van der Waals surface area contributed by atoms with Crippen molar-refractivity contribution in [2.45, 2.75) is 12.5 Å². The quantitative estimate of drug-likeness (QED) is 0.627. The molecule has 134 valence electrons. The molecule has 0 saturated heterocycles. The second-order valence-corrected chi connectivity index (χ2v) is 5.71. The molecule has 1 amide bonds. The highest BCUT2D eigenvalue weighted by molar-refractivity contribution is 5.98. The molecule has 1 heterocycles. The van der Waals surface area contributed by atoms with Gasteiger partial charge < -0.3 is 24.7 Å². The lowest BCUT2D eigenvalue weighted by molar-refractivity contribution is -0.139. The Morgan fingerprint density at radius 2 is 1.96 bits per heavy atom. The van der Waals surface area contributed by atoms with Crippen molar-refractivity contribution in [3.8, 4) is 11.5 Å². The number of ether oxygens (including phenoxy) is 1. The molecule has 2 aromatic carbocycles. The number of nitrogens with one attached hydrogen (secondary N) is 1. The number of carbonyl (C=O) groups is 2. The fraction of sp³-hybridized carbons (Fsp3) is 0.158. The molecule has 7 heteroatoms. The number of carboxylic acid groups (broad SMARTS) is 1. The van der Waals surface area contributed by atoms with Gasteiger partial charge in [0.05, 0.1) is 7.11 Å². The Morgan fingerprint density at radius 3 is 2.65 bits per heavy atom. The van der Waals surface area contributed by atoms with E-state index in [1.165, 1.54) is 19.2 Å². The van der Waals surface area contributed by atoms with Gasteiger partial charge in [0.25, 0.3) is 5.91 Å². The number of fused-ring (bicyclic) bond motifs is 1. The minimum atomic E-state index is -1.21. The van der Waals surface area contributed by atoms with Crippen molar-refractivity contribution in [3.63, 3.8) is 0 Å². The lowest BCUT2D eigenvalue weighted by Gasteiger charge is -2.14. The predicted molar refractivity (Wildman–Crippen MR) is 93.5 cm³/mol. The van der Waals surface area contributed by atoms with Crippen molar-refractivity contribution in [1.29, 1.82) is 0 Å². The van der Waals surface area contributed by atoms with E-state index in [-0.39, 0.29) is 17.9 Å². The van der Waals surface area contributed by atoms with E-state index in [9.17, 15) is 19.8 Å². The van der Waals surface area contributed by atoms with Gasteiger partial charge in [-0.25, -0.2) is 4.79 Å². The fourth-order valence-corrected chi connectivity index (χ4v) is 2.59. The molecule has 3 aromatic rings. The zero-order valence-corrected chi connectivity index (χ0v) is 13.9. The number of phenols is 1. The van der Waals surface area contributed by atoms with Crippen LogP contribution in [0.1, 0.15) is 16.1 Å². The highest BCUT2D eigenvalue weighted by atomic mass is 16.5. The van der Waals surface area contributed by atoms with E-state index in [0.717, 1.165) is 0 Å². The smallest absolute Gasteiger partial charge is 0.326 e. The van der Waals surface area contributed by atoms with Crippen molar-refractivity contribution in [1.82, 2.24) is 5.32 Å². The first kappa shape index (κ1) is 17.3. The Labute approximate surface area is 148 Å².